The lowest BCUT2D eigenvalue weighted by atomic mass is 10.2. The number of ether oxygens (including phenoxy) is 1. The van der Waals surface area contributed by atoms with E-state index in [9.17, 15) is 8.42 Å². The molecular formula is C13H21ClN2O3S. The van der Waals surface area contributed by atoms with Gasteiger partial charge in [0.25, 0.3) is 0 Å². The Kier molecular flexibility index (Phi) is 5.82. The molecule has 1 aromatic rings. The van der Waals surface area contributed by atoms with Crippen LogP contribution in [0.2, 0.25) is 5.02 Å². The van der Waals surface area contributed by atoms with Crippen LogP contribution in [0.25, 0.3) is 0 Å². The maximum atomic E-state index is 12.7. The van der Waals surface area contributed by atoms with Gasteiger partial charge in [0.2, 0.25) is 10.0 Å². The van der Waals surface area contributed by atoms with Crippen molar-refractivity contribution in [3.8, 4) is 0 Å². The van der Waals surface area contributed by atoms with Crippen LogP contribution in [0.3, 0.4) is 0 Å². The molecule has 0 fully saturated rings. The highest BCUT2D eigenvalue weighted by atomic mass is 35.5. The van der Waals surface area contributed by atoms with Gasteiger partial charge < -0.3 is 10.5 Å². The monoisotopic (exact) mass is 320 g/mol. The molecule has 7 heteroatoms. The highest BCUT2D eigenvalue weighted by Crippen LogP contribution is 2.29. The van der Waals surface area contributed by atoms with Crippen LogP contribution in [0.5, 0.6) is 0 Å². The molecule has 0 bridgehead atoms. The van der Waals surface area contributed by atoms with Crippen LogP contribution in [0.15, 0.2) is 17.0 Å². The Bertz CT molecular complexity index is 575. The van der Waals surface area contributed by atoms with Gasteiger partial charge in [0.15, 0.2) is 0 Å². The molecular weight excluding hydrogens is 300 g/mol. The second-order valence-corrected chi connectivity index (χ2v) is 6.92. The molecule has 2 N–H and O–H groups in total. The Morgan fingerprint density at radius 1 is 1.45 bits per heavy atom. The lowest BCUT2D eigenvalue weighted by Crippen LogP contribution is -2.41. The van der Waals surface area contributed by atoms with Gasteiger partial charge in [0.1, 0.15) is 0 Å². The Morgan fingerprint density at radius 2 is 2.05 bits per heavy atom. The fourth-order valence-electron chi connectivity index (χ4n) is 2.12. The van der Waals surface area contributed by atoms with Crippen LogP contribution in [0, 0.1) is 6.92 Å². The molecule has 114 valence electrons. The lowest BCUT2D eigenvalue weighted by Gasteiger charge is -2.27. The van der Waals surface area contributed by atoms with Crippen LogP contribution < -0.4 is 5.73 Å². The van der Waals surface area contributed by atoms with Gasteiger partial charge >= 0.3 is 0 Å². The highest BCUT2D eigenvalue weighted by Gasteiger charge is 2.29. The summed E-state index contributed by atoms with van der Waals surface area (Å²) in [6.07, 6.45) is 0. The van der Waals surface area contributed by atoms with Crippen LogP contribution in [-0.4, -0.2) is 39.0 Å². The summed E-state index contributed by atoms with van der Waals surface area (Å²) in [6, 6.07) is 2.72. The number of likely N-dealkylation sites (N-methyl/N-ethyl adjacent to an activating group) is 1. The second kappa shape index (κ2) is 6.76. The molecule has 1 rings (SSSR count). The molecule has 1 atom stereocenters. The molecule has 0 heterocycles. The minimum absolute atomic E-state index is 0.184. The highest BCUT2D eigenvalue weighted by molar-refractivity contribution is 7.89. The number of methoxy groups -OCH3 is 1. The molecule has 0 radical (unpaired) electrons. The third-order valence-electron chi connectivity index (χ3n) is 3.09. The number of halogens is 1. The van der Waals surface area contributed by atoms with Crippen molar-refractivity contribution >= 4 is 27.3 Å². The predicted octanol–water partition coefficient (Wildman–Crippen LogP) is 2.28. The fourth-order valence-corrected chi connectivity index (χ4v) is 4.20. The lowest BCUT2D eigenvalue weighted by molar-refractivity contribution is 0.142. The quantitative estimate of drug-likeness (QED) is 0.816. The van der Waals surface area contributed by atoms with E-state index in [1.807, 2.05) is 0 Å². The molecule has 0 aromatic heterocycles. The number of anilines is 1. The molecule has 0 aliphatic heterocycles. The fraction of sp³-hybridized carbons (Fsp3) is 0.538. The predicted molar refractivity (Wildman–Crippen MR) is 81.5 cm³/mol. The van der Waals surface area contributed by atoms with Crippen LogP contribution >= 0.6 is 11.6 Å². The number of hydrogen-bond donors (Lipinski definition) is 1. The van der Waals surface area contributed by atoms with Crippen molar-refractivity contribution in [2.24, 2.45) is 0 Å². The molecule has 20 heavy (non-hydrogen) atoms. The van der Waals surface area contributed by atoms with Gasteiger partial charge in [0.05, 0.1) is 22.2 Å². The summed E-state index contributed by atoms with van der Waals surface area (Å²) in [7, 11) is -2.08. The normalized spacial score (nSPS) is 13.7. The van der Waals surface area contributed by atoms with Crippen molar-refractivity contribution in [1.29, 1.82) is 0 Å². The first-order chi connectivity index (χ1) is 9.25. The van der Waals surface area contributed by atoms with E-state index < -0.39 is 10.0 Å². The van der Waals surface area contributed by atoms with E-state index in [1.165, 1.54) is 10.4 Å². The maximum Gasteiger partial charge on any atom is 0.243 e. The summed E-state index contributed by atoms with van der Waals surface area (Å²) in [5.74, 6) is 0. The summed E-state index contributed by atoms with van der Waals surface area (Å²) in [5, 5.41) is 0.356. The molecule has 0 aliphatic carbocycles. The second-order valence-electron chi connectivity index (χ2n) is 4.65. The van der Waals surface area contributed by atoms with Crippen molar-refractivity contribution in [2.75, 3.05) is 26.0 Å². The third-order valence-corrected chi connectivity index (χ3v) is 5.65. The van der Waals surface area contributed by atoms with E-state index in [0.717, 1.165) is 0 Å². The average Bonchev–Trinajstić information content (AvgIpc) is 2.34. The maximum absolute atomic E-state index is 12.7. The van der Waals surface area contributed by atoms with E-state index in [-0.39, 0.29) is 16.6 Å². The van der Waals surface area contributed by atoms with Crippen molar-refractivity contribution in [3.05, 3.63) is 22.7 Å². The topological polar surface area (TPSA) is 72.6 Å². The van der Waals surface area contributed by atoms with E-state index in [4.69, 9.17) is 22.1 Å². The molecule has 5 nitrogen and oxygen atoms in total. The first kappa shape index (κ1) is 17.2. The molecule has 1 aromatic carbocycles. The number of aryl methyl sites for hydroxylation is 1. The van der Waals surface area contributed by atoms with Crippen LogP contribution in [0.1, 0.15) is 19.4 Å². The summed E-state index contributed by atoms with van der Waals surface area (Å²) in [6.45, 7) is 5.98. The van der Waals surface area contributed by atoms with Gasteiger partial charge in [-0.2, -0.15) is 4.31 Å². The van der Waals surface area contributed by atoms with Crippen molar-refractivity contribution in [3.63, 3.8) is 0 Å². The minimum atomic E-state index is -3.63. The van der Waals surface area contributed by atoms with Crippen LogP contribution in [-0.2, 0) is 14.8 Å². The number of hydrogen-bond acceptors (Lipinski definition) is 4. The molecule has 0 amide bonds. The Balaban J connectivity index is 3.31. The Morgan fingerprint density at radius 3 is 2.55 bits per heavy atom. The van der Waals surface area contributed by atoms with E-state index in [0.29, 0.717) is 23.7 Å². The molecule has 1 unspecified atom stereocenters. The number of nitrogens with zero attached hydrogens (tertiary/aromatic N) is 1. The molecule has 0 aliphatic rings. The smallest absolute Gasteiger partial charge is 0.243 e. The largest absolute Gasteiger partial charge is 0.397 e. The first-order valence-corrected chi connectivity index (χ1v) is 8.13. The summed E-state index contributed by atoms with van der Waals surface area (Å²) in [5.41, 5.74) is 6.55. The number of rotatable bonds is 6. The Labute approximate surface area is 125 Å². The number of sulfonamides is 1. The van der Waals surface area contributed by atoms with Gasteiger partial charge in [-0.25, -0.2) is 8.42 Å². The van der Waals surface area contributed by atoms with Crippen molar-refractivity contribution in [1.82, 2.24) is 4.31 Å². The van der Waals surface area contributed by atoms with E-state index >= 15 is 0 Å². The van der Waals surface area contributed by atoms with Gasteiger partial charge in [-0.3, -0.25) is 0 Å². The summed E-state index contributed by atoms with van der Waals surface area (Å²) >= 11 is 5.91. The molecule has 0 saturated heterocycles. The minimum Gasteiger partial charge on any atom is -0.397 e. The summed E-state index contributed by atoms with van der Waals surface area (Å²) in [4.78, 5) is 0.184. The number of benzene rings is 1. The summed E-state index contributed by atoms with van der Waals surface area (Å²) < 4.78 is 31.9. The van der Waals surface area contributed by atoms with Gasteiger partial charge in [0, 0.05) is 19.7 Å². The number of nitrogen functional groups attached to an aromatic ring is 1. The zero-order valence-corrected chi connectivity index (χ0v) is 13.8. The zero-order valence-electron chi connectivity index (χ0n) is 12.2. The van der Waals surface area contributed by atoms with Gasteiger partial charge in [-0.15, -0.1) is 0 Å². The van der Waals surface area contributed by atoms with E-state index in [2.05, 4.69) is 0 Å². The molecule has 0 saturated carbocycles. The number of nitrogens with two attached hydrogens (primary N) is 1. The van der Waals surface area contributed by atoms with Crippen LogP contribution in [0.4, 0.5) is 5.69 Å². The standard InChI is InChI=1S/C13H21ClN2O3S/c1-5-16(10(3)8-19-4)20(17,18)13-7-12(15)11(14)6-9(13)2/h6-7,10H,5,8,15H2,1-4H3. The average molecular weight is 321 g/mol. The van der Waals surface area contributed by atoms with E-state index in [1.54, 1.807) is 33.9 Å². The van der Waals surface area contributed by atoms with Gasteiger partial charge in [-0.1, -0.05) is 18.5 Å². The van der Waals surface area contributed by atoms with Crippen molar-refractivity contribution < 1.29 is 13.2 Å². The Hall–Kier alpha value is -0.820. The SMILES string of the molecule is CCN(C(C)COC)S(=O)(=O)c1cc(N)c(Cl)cc1C. The molecule has 0 spiro atoms. The van der Waals surface area contributed by atoms with Gasteiger partial charge in [-0.05, 0) is 31.5 Å². The van der Waals surface area contributed by atoms with Crippen molar-refractivity contribution in [2.45, 2.75) is 31.7 Å². The first-order valence-electron chi connectivity index (χ1n) is 6.32. The zero-order chi connectivity index (χ0) is 15.5. The third kappa shape index (κ3) is 3.44.